The number of pyridine rings is 1. The number of hydrogen-bond acceptors (Lipinski definition) is 3. The van der Waals surface area contributed by atoms with Crippen LogP contribution in [0.2, 0.25) is 5.15 Å². The summed E-state index contributed by atoms with van der Waals surface area (Å²) in [5.41, 5.74) is 0.537. The van der Waals surface area contributed by atoms with E-state index in [1.807, 2.05) is 4.90 Å². The number of halogens is 1. The molecule has 0 spiro atoms. The fraction of sp³-hybridized carbons (Fsp3) is 0.533. The van der Waals surface area contributed by atoms with Crippen molar-refractivity contribution in [2.45, 2.75) is 13.3 Å². The second-order valence-corrected chi connectivity index (χ2v) is 6.19. The second-order valence-electron chi connectivity index (χ2n) is 5.81. The van der Waals surface area contributed by atoms with Gasteiger partial charge in [-0.3, -0.25) is 9.59 Å². The van der Waals surface area contributed by atoms with Crippen LogP contribution < -0.4 is 0 Å². The third-order valence-electron chi connectivity index (χ3n) is 4.28. The van der Waals surface area contributed by atoms with Gasteiger partial charge in [0.25, 0.3) is 5.91 Å². The monoisotopic (exact) mass is 307 g/mol. The Labute approximate surface area is 128 Å². The zero-order valence-electron chi connectivity index (χ0n) is 12.0. The summed E-state index contributed by atoms with van der Waals surface area (Å²) in [7, 11) is 0. The van der Waals surface area contributed by atoms with E-state index in [1.54, 1.807) is 17.0 Å². The van der Waals surface area contributed by atoms with E-state index in [2.05, 4.69) is 11.9 Å². The molecule has 1 saturated heterocycles. The van der Waals surface area contributed by atoms with Gasteiger partial charge in [-0.05, 0) is 24.5 Å². The minimum atomic E-state index is -0.0499. The minimum Gasteiger partial charge on any atom is -0.339 e. The molecule has 6 heteroatoms. The maximum atomic E-state index is 12.3. The molecule has 5 nitrogen and oxygen atoms in total. The first kappa shape index (κ1) is 14.3. The lowest BCUT2D eigenvalue weighted by molar-refractivity contribution is -0.134. The Kier molecular flexibility index (Phi) is 3.85. The Morgan fingerprint density at radius 2 is 1.81 bits per heavy atom. The summed E-state index contributed by atoms with van der Waals surface area (Å²) in [6.45, 7) is 4.50. The number of amides is 2. The van der Waals surface area contributed by atoms with Gasteiger partial charge in [0.15, 0.2) is 0 Å². The molecule has 112 valence electrons. The van der Waals surface area contributed by atoms with E-state index < -0.39 is 0 Å². The molecule has 0 unspecified atom stereocenters. The normalized spacial score (nSPS) is 24.9. The zero-order valence-corrected chi connectivity index (χ0v) is 12.7. The van der Waals surface area contributed by atoms with Gasteiger partial charge in [0, 0.05) is 38.3 Å². The van der Waals surface area contributed by atoms with Crippen LogP contribution in [0.1, 0.15) is 23.7 Å². The summed E-state index contributed by atoms with van der Waals surface area (Å²) in [5, 5.41) is 0.375. The van der Waals surface area contributed by atoms with Crippen LogP contribution in [0.3, 0.4) is 0 Å². The largest absolute Gasteiger partial charge is 0.339 e. The summed E-state index contributed by atoms with van der Waals surface area (Å²) in [6, 6.07) is 3.30. The van der Waals surface area contributed by atoms with Crippen molar-refractivity contribution in [1.82, 2.24) is 14.8 Å². The predicted molar refractivity (Wildman–Crippen MR) is 79.0 cm³/mol. The van der Waals surface area contributed by atoms with E-state index in [9.17, 15) is 9.59 Å². The smallest absolute Gasteiger partial charge is 0.255 e. The summed E-state index contributed by atoms with van der Waals surface area (Å²) in [4.78, 5) is 32.1. The Morgan fingerprint density at radius 3 is 2.33 bits per heavy atom. The van der Waals surface area contributed by atoms with Gasteiger partial charge in [0.05, 0.1) is 5.56 Å². The van der Waals surface area contributed by atoms with E-state index in [0.29, 0.717) is 42.8 Å². The van der Waals surface area contributed by atoms with Crippen LogP contribution in [0.5, 0.6) is 0 Å². The van der Waals surface area contributed by atoms with Gasteiger partial charge in [-0.25, -0.2) is 4.98 Å². The summed E-state index contributed by atoms with van der Waals surface area (Å²) < 4.78 is 0. The number of hydrogen-bond donors (Lipinski definition) is 0. The number of nitrogens with zero attached hydrogens (tertiary/aromatic N) is 3. The third kappa shape index (κ3) is 3.02. The molecule has 2 fully saturated rings. The summed E-state index contributed by atoms with van der Waals surface area (Å²) in [6.07, 6.45) is 2.50. The van der Waals surface area contributed by atoms with Crippen molar-refractivity contribution in [3.05, 3.63) is 29.0 Å². The Bertz CT molecular complexity index is 553. The Hall–Kier alpha value is -1.62. The highest BCUT2D eigenvalue weighted by Crippen LogP contribution is 2.39. The topological polar surface area (TPSA) is 53.5 Å². The first-order valence-corrected chi connectivity index (χ1v) is 7.63. The van der Waals surface area contributed by atoms with Gasteiger partial charge in [-0.15, -0.1) is 0 Å². The molecule has 2 heterocycles. The average molecular weight is 308 g/mol. The predicted octanol–water partition coefficient (Wildman–Crippen LogP) is 1.68. The van der Waals surface area contributed by atoms with Gasteiger partial charge < -0.3 is 9.80 Å². The lowest BCUT2D eigenvalue weighted by Crippen LogP contribution is -2.51. The standard InChI is InChI=1S/C15H18ClN3O2/c1-10-8-12(10)15(21)19-6-4-18(5-7-19)14(20)11-2-3-13(16)17-9-11/h2-3,9-10,12H,4-8H2,1H3/t10-,12+/m1/s1. The van der Waals surface area contributed by atoms with Gasteiger partial charge in [0.1, 0.15) is 5.15 Å². The molecule has 1 saturated carbocycles. The highest BCUT2D eigenvalue weighted by atomic mass is 35.5. The van der Waals surface area contributed by atoms with Crippen molar-refractivity contribution >= 4 is 23.4 Å². The van der Waals surface area contributed by atoms with E-state index in [0.717, 1.165) is 6.42 Å². The van der Waals surface area contributed by atoms with Crippen molar-refractivity contribution in [3.8, 4) is 0 Å². The van der Waals surface area contributed by atoms with Crippen molar-refractivity contribution in [2.75, 3.05) is 26.2 Å². The molecule has 0 radical (unpaired) electrons. The van der Waals surface area contributed by atoms with Gasteiger partial charge in [0.2, 0.25) is 5.91 Å². The fourth-order valence-corrected chi connectivity index (χ4v) is 2.83. The van der Waals surface area contributed by atoms with Crippen molar-refractivity contribution in [2.24, 2.45) is 11.8 Å². The van der Waals surface area contributed by atoms with Crippen LogP contribution in [0, 0.1) is 11.8 Å². The maximum absolute atomic E-state index is 12.3. The van der Waals surface area contributed by atoms with E-state index in [-0.39, 0.29) is 17.7 Å². The van der Waals surface area contributed by atoms with Crippen molar-refractivity contribution < 1.29 is 9.59 Å². The van der Waals surface area contributed by atoms with E-state index in [1.165, 1.54) is 6.20 Å². The van der Waals surface area contributed by atoms with Gasteiger partial charge in [-0.2, -0.15) is 0 Å². The lowest BCUT2D eigenvalue weighted by Gasteiger charge is -2.35. The SMILES string of the molecule is C[C@@H]1C[C@@H]1C(=O)N1CCN(C(=O)c2ccc(Cl)nc2)CC1. The molecule has 2 atom stereocenters. The first-order chi connectivity index (χ1) is 10.1. The van der Waals surface area contributed by atoms with Crippen LogP contribution in [0.25, 0.3) is 0 Å². The molecule has 21 heavy (non-hydrogen) atoms. The molecule has 1 aliphatic carbocycles. The van der Waals surface area contributed by atoms with Crippen LogP contribution in [0.4, 0.5) is 0 Å². The Balaban J connectivity index is 1.56. The van der Waals surface area contributed by atoms with E-state index >= 15 is 0 Å². The van der Waals surface area contributed by atoms with Crippen molar-refractivity contribution in [1.29, 1.82) is 0 Å². The van der Waals surface area contributed by atoms with Crippen molar-refractivity contribution in [3.63, 3.8) is 0 Å². The molecular weight excluding hydrogens is 290 g/mol. The molecule has 0 N–H and O–H groups in total. The van der Waals surface area contributed by atoms with Gasteiger partial charge >= 0.3 is 0 Å². The second kappa shape index (κ2) is 5.64. The molecule has 2 aliphatic rings. The molecule has 0 bridgehead atoms. The summed E-state index contributed by atoms with van der Waals surface area (Å²) >= 11 is 5.72. The van der Waals surface area contributed by atoms with E-state index in [4.69, 9.17) is 11.6 Å². The maximum Gasteiger partial charge on any atom is 0.255 e. The first-order valence-electron chi connectivity index (χ1n) is 7.26. The van der Waals surface area contributed by atoms with Gasteiger partial charge in [-0.1, -0.05) is 18.5 Å². The molecule has 1 aromatic heterocycles. The number of piperazine rings is 1. The molecule has 2 amide bonds. The lowest BCUT2D eigenvalue weighted by atomic mass is 10.2. The zero-order chi connectivity index (χ0) is 15.0. The highest BCUT2D eigenvalue weighted by Gasteiger charge is 2.42. The summed E-state index contributed by atoms with van der Waals surface area (Å²) in [5.74, 6) is 0.943. The molecule has 0 aromatic carbocycles. The number of aromatic nitrogens is 1. The van der Waals surface area contributed by atoms with Crippen LogP contribution in [-0.2, 0) is 4.79 Å². The number of rotatable bonds is 2. The van der Waals surface area contributed by atoms with Crippen LogP contribution in [-0.4, -0.2) is 52.8 Å². The number of carbonyl (C=O) groups is 2. The minimum absolute atomic E-state index is 0.0499. The third-order valence-corrected chi connectivity index (χ3v) is 4.50. The quantitative estimate of drug-likeness (QED) is 0.781. The molecule has 1 aliphatic heterocycles. The van der Waals surface area contributed by atoms with Crippen LogP contribution >= 0.6 is 11.6 Å². The fourth-order valence-electron chi connectivity index (χ4n) is 2.72. The highest BCUT2D eigenvalue weighted by molar-refractivity contribution is 6.29. The molecule has 3 rings (SSSR count). The Morgan fingerprint density at radius 1 is 1.19 bits per heavy atom. The molecule has 1 aromatic rings. The van der Waals surface area contributed by atoms with Crippen LogP contribution in [0.15, 0.2) is 18.3 Å². The molecular formula is C15H18ClN3O2. The number of carbonyl (C=O) groups excluding carboxylic acids is 2. The average Bonchev–Trinajstić information content (AvgIpc) is 3.24.